The van der Waals surface area contributed by atoms with Crippen LogP contribution in [0.4, 0.5) is 0 Å². The van der Waals surface area contributed by atoms with Gasteiger partial charge in [0, 0.05) is 11.1 Å². The van der Waals surface area contributed by atoms with Crippen molar-refractivity contribution in [2.45, 2.75) is 72.1 Å². The summed E-state index contributed by atoms with van der Waals surface area (Å²) in [5, 5.41) is 4.40. The van der Waals surface area contributed by atoms with Gasteiger partial charge < -0.3 is 4.74 Å². The lowest BCUT2D eigenvalue weighted by Crippen LogP contribution is -2.15. The van der Waals surface area contributed by atoms with Crippen LogP contribution in [0.3, 0.4) is 0 Å². The zero-order valence-corrected chi connectivity index (χ0v) is 19.6. The van der Waals surface area contributed by atoms with Crippen molar-refractivity contribution in [3.05, 3.63) is 65.2 Å². The Morgan fingerprint density at radius 1 is 0.844 bits per heavy atom. The van der Waals surface area contributed by atoms with Gasteiger partial charge in [-0.15, -0.1) is 5.10 Å². The van der Waals surface area contributed by atoms with Crippen molar-refractivity contribution >= 4 is 5.91 Å². The van der Waals surface area contributed by atoms with Gasteiger partial charge >= 0.3 is 6.01 Å². The van der Waals surface area contributed by atoms with E-state index < -0.39 is 0 Å². The fourth-order valence-corrected chi connectivity index (χ4v) is 3.57. The number of aromatic nitrogens is 3. The lowest BCUT2D eigenvalue weighted by molar-refractivity contribution is 0.0944. The highest BCUT2D eigenvalue weighted by molar-refractivity contribution is 5.97. The molecule has 0 saturated heterocycles. The van der Waals surface area contributed by atoms with Crippen LogP contribution in [0.5, 0.6) is 6.01 Å². The second-order valence-corrected chi connectivity index (χ2v) is 8.20. The third-order valence-electron chi connectivity index (χ3n) is 5.65. The lowest BCUT2D eigenvalue weighted by Gasteiger charge is -2.07. The lowest BCUT2D eigenvalue weighted by atomic mass is 10.0. The molecule has 32 heavy (non-hydrogen) atoms. The molecule has 1 heterocycles. The molecule has 0 unspecified atom stereocenters. The number of ether oxygens (including phenoxy) is 1. The molecule has 2 aromatic carbocycles. The van der Waals surface area contributed by atoms with E-state index in [2.05, 4.69) is 43.0 Å². The molecule has 0 aliphatic carbocycles. The second kappa shape index (κ2) is 12.2. The van der Waals surface area contributed by atoms with Gasteiger partial charge in [-0.05, 0) is 48.9 Å². The van der Waals surface area contributed by atoms with E-state index in [-0.39, 0.29) is 11.9 Å². The molecule has 0 fully saturated rings. The zero-order chi connectivity index (χ0) is 22.8. The van der Waals surface area contributed by atoms with Crippen LogP contribution in [0.1, 0.15) is 80.8 Å². The first-order valence-electron chi connectivity index (χ1n) is 12.0. The zero-order valence-electron chi connectivity index (χ0n) is 19.6. The maximum absolute atomic E-state index is 13.3. The minimum atomic E-state index is -0.199. The van der Waals surface area contributed by atoms with Crippen LogP contribution in [-0.2, 0) is 12.8 Å². The number of benzene rings is 2. The highest BCUT2D eigenvalue weighted by Gasteiger charge is 2.20. The highest BCUT2D eigenvalue weighted by atomic mass is 16.5. The molecule has 170 valence electrons. The number of carbonyl (C=O) groups excluding carboxylic acids is 1. The smallest absolute Gasteiger partial charge is 0.336 e. The number of unbranched alkanes of at least 4 members (excludes halogenated alkanes) is 4. The minimum Gasteiger partial charge on any atom is -0.462 e. The monoisotopic (exact) mass is 433 g/mol. The van der Waals surface area contributed by atoms with Crippen LogP contribution in [-0.4, -0.2) is 27.3 Å². The largest absolute Gasteiger partial charge is 0.462 e. The first-order valence-corrected chi connectivity index (χ1v) is 12.0. The van der Waals surface area contributed by atoms with Crippen molar-refractivity contribution in [1.82, 2.24) is 14.8 Å². The summed E-state index contributed by atoms with van der Waals surface area (Å²) in [6, 6.07) is 16.2. The SMILES string of the molecule is CCCCCCc1ccc(C(=O)n2nc(OCCCC)nc2-c2ccc(CC)cc2)cc1. The fourth-order valence-electron chi connectivity index (χ4n) is 3.57. The van der Waals surface area contributed by atoms with E-state index in [1.807, 2.05) is 36.4 Å². The number of hydrogen-bond donors (Lipinski definition) is 0. The van der Waals surface area contributed by atoms with Crippen molar-refractivity contribution < 1.29 is 9.53 Å². The van der Waals surface area contributed by atoms with E-state index >= 15 is 0 Å². The quantitative estimate of drug-likeness (QED) is 0.306. The van der Waals surface area contributed by atoms with Crippen LogP contribution >= 0.6 is 0 Å². The molecule has 0 bridgehead atoms. The molecule has 0 amide bonds. The molecule has 0 atom stereocenters. The summed E-state index contributed by atoms with van der Waals surface area (Å²) in [5.74, 6) is 0.308. The maximum Gasteiger partial charge on any atom is 0.336 e. The number of rotatable bonds is 12. The molecule has 0 spiro atoms. The Balaban J connectivity index is 1.83. The Labute approximate surface area is 191 Å². The summed E-state index contributed by atoms with van der Waals surface area (Å²) < 4.78 is 7.08. The number of hydrogen-bond acceptors (Lipinski definition) is 4. The Morgan fingerprint density at radius 3 is 2.19 bits per heavy atom. The van der Waals surface area contributed by atoms with Crippen molar-refractivity contribution in [2.75, 3.05) is 6.61 Å². The summed E-state index contributed by atoms with van der Waals surface area (Å²) in [7, 11) is 0. The van der Waals surface area contributed by atoms with Crippen LogP contribution in [0.25, 0.3) is 11.4 Å². The molecule has 5 nitrogen and oxygen atoms in total. The van der Waals surface area contributed by atoms with Gasteiger partial charge in [0.15, 0.2) is 5.82 Å². The number of aryl methyl sites for hydroxylation is 2. The fraction of sp³-hybridized carbons (Fsp3) is 0.444. The molecule has 0 N–H and O–H groups in total. The molecule has 0 aliphatic heterocycles. The van der Waals surface area contributed by atoms with E-state index in [1.165, 1.54) is 41.5 Å². The third kappa shape index (κ3) is 6.28. The predicted octanol–water partition coefficient (Wildman–Crippen LogP) is 6.50. The van der Waals surface area contributed by atoms with Crippen LogP contribution in [0, 0.1) is 0 Å². The minimum absolute atomic E-state index is 0.199. The van der Waals surface area contributed by atoms with Crippen LogP contribution in [0.15, 0.2) is 48.5 Å². The maximum atomic E-state index is 13.3. The van der Waals surface area contributed by atoms with Crippen molar-refractivity contribution in [3.63, 3.8) is 0 Å². The summed E-state index contributed by atoms with van der Waals surface area (Å²) in [5.41, 5.74) is 3.94. The van der Waals surface area contributed by atoms with Crippen LogP contribution in [0.2, 0.25) is 0 Å². The highest BCUT2D eigenvalue weighted by Crippen LogP contribution is 2.22. The van der Waals surface area contributed by atoms with Gasteiger partial charge in [-0.1, -0.05) is 82.9 Å². The standard InChI is InChI=1S/C27H35N3O2/c1-4-7-9-10-11-22-14-18-24(19-15-22)26(31)30-25(23-16-12-21(6-3)13-17-23)28-27(29-30)32-20-8-5-2/h12-19H,4-11,20H2,1-3H3. The normalized spacial score (nSPS) is 11.0. The van der Waals surface area contributed by atoms with Gasteiger partial charge in [-0.2, -0.15) is 9.67 Å². The molecule has 3 aromatic rings. The predicted molar refractivity (Wildman–Crippen MR) is 129 cm³/mol. The Hall–Kier alpha value is -2.95. The van der Waals surface area contributed by atoms with Crippen molar-refractivity contribution in [3.8, 4) is 17.4 Å². The van der Waals surface area contributed by atoms with Gasteiger partial charge in [-0.3, -0.25) is 4.79 Å². The summed E-state index contributed by atoms with van der Waals surface area (Å²) in [4.78, 5) is 17.9. The molecule has 0 saturated carbocycles. The summed E-state index contributed by atoms with van der Waals surface area (Å²) >= 11 is 0. The first-order chi connectivity index (χ1) is 15.7. The molecular weight excluding hydrogens is 398 g/mol. The summed E-state index contributed by atoms with van der Waals surface area (Å²) in [6.07, 6.45) is 8.88. The van der Waals surface area contributed by atoms with E-state index in [4.69, 9.17) is 4.74 Å². The molecular formula is C27H35N3O2. The van der Waals surface area contributed by atoms with Gasteiger partial charge in [-0.25, -0.2) is 0 Å². The topological polar surface area (TPSA) is 57.0 Å². The van der Waals surface area contributed by atoms with Gasteiger partial charge in [0.1, 0.15) is 0 Å². The Kier molecular flexibility index (Phi) is 9.02. The van der Waals surface area contributed by atoms with E-state index in [9.17, 15) is 4.79 Å². The van der Waals surface area contributed by atoms with Gasteiger partial charge in [0.05, 0.1) is 6.61 Å². The van der Waals surface area contributed by atoms with E-state index in [1.54, 1.807) is 0 Å². The molecule has 0 radical (unpaired) electrons. The van der Waals surface area contributed by atoms with Gasteiger partial charge in [0.2, 0.25) is 0 Å². The number of nitrogens with zero attached hydrogens (tertiary/aromatic N) is 3. The molecule has 0 aliphatic rings. The summed E-state index contributed by atoms with van der Waals surface area (Å²) in [6.45, 7) is 6.98. The first kappa shape index (κ1) is 23.7. The van der Waals surface area contributed by atoms with Crippen molar-refractivity contribution in [2.24, 2.45) is 0 Å². The number of carbonyl (C=O) groups is 1. The van der Waals surface area contributed by atoms with Crippen LogP contribution < -0.4 is 4.74 Å². The van der Waals surface area contributed by atoms with E-state index in [0.717, 1.165) is 31.2 Å². The van der Waals surface area contributed by atoms with Gasteiger partial charge in [0.25, 0.3) is 5.91 Å². The van der Waals surface area contributed by atoms with E-state index in [0.29, 0.717) is 18.0 Å². The molecule has 5 heteroatoms. The molecule has 1 aromatic heterocycles. The average molecular weight is 434 g/mol. The molecule has 3 rings (SSSR count). The van der Waals surface area contributed by atoms with Crippen molar-refractivity contribution in [1.29, 1.82) is 0 Å². The second-order valence-electron chi connectivity index (χ2n) is 8.20. The third-order valence-corrected chi connectivity index (χ3v) is 5.65. The average Bonchev–Trinajstić information content (AvgIpc) is 3.26. The Bertz CT molecular complexity index is 975. The Morgan fingerprint density at radius 2 is 1.53 bits per heavy atom.